The summed E-state index contributed by atoms with van der Waals surface area (Å²) in [7, 11) is 1.45. The lowest BCUT2D eigenvalue weighted by molar-refractivity contribution is -0.140. The highest BCUT2D eigenvalue weighted by molar-refractivity contribution is 6.17. The van der Waals surface area contributed by atoms with E-state index >= 15 is 0 Å². The third kappa shape index (κ3) is 13.7. The second-order valence-corrected chi connectivity index (χ2v) is 4.93. The smallest absolute Gasteiger partial charge is 0.305 e. The van der Waals surface area contributed by atoms with Crippen molar-refractivity contribution < 1.29 is 9.53 Å². The van der Waals surface area contributed by atoms with Crippen LogP contribution in [0.3, 0.4) is 0 Å². The topological polar surface area (TPSA) is 26.3 Å². The Balaban J connectivity index is 2.96. The predicted molar refractivity (Wildman–Crippen MR) is 73.5 cm³/mol. The Morgan fingerprint density at radius 2 is 1.24 bits per heavy atom. The van der Waals surface area contributed by atoms with Crippen molar-refractivity contribution in [2.24, 2.45) is 0 Å². The largest absolute Gasteiger partial charge is 0.469 e. The van der Waals surface area contributed by atoms with Gasteiger partial charge in [-0.2, -0.15) is 0 Å². The van der Waals surface area contributed by atoms with Gasteiger partial charge in [0.1, 0.15) is 0 Å². The molecule has 0 spiro atoms. The highest BCUT2D eigenvalue weighted by Crippen LogP contribution is 2.11. The van der Waals surface area contributed by atoms with Gasteiger partial charge in [-0.3, -0.25) is 4.79 Å². The van der Waals surface area contributed by atoms with Crippen LogP contribution in [0.1, 0.15) is 70.6 Å². The average molecular weight is 263 g/mol. The molecule has 0 aliphatic carbocycles. The summed E-state index contributed by atoms with van der Waals surface area (Å²) in [6, 6.07) is 0. The molecular formula is C14H27ClO2. The summed E-state index contributed by atoms with van der Waals surface area (Å²) in [6.45, 7) is 0. The van der Waals surface area contributed by atoms with E-state index in [-0.39, 0.29) is 5.97 Å². The second kappa shape index (κ2) is 13.8. The van der Waals surface area contributed by atoms with Crippen molar-refractivity contribution in [3.05, 3.63) is 0 Å². The molecule has 0 unspecified atom stereocenters. The lowest BCUT2D eigenvalue weighted by atomic mass is 10.1. The number of methoxy groups -OCH3 is 1. The van der Waals surface area contributed by atoms with Gasteiger partial charge >= 0.3 is 5.97 Å². The number of hydrogen-bond acceptors (Lipinski definition) is 2. The van der Waals surface area contributed by atoms with Crippen molar-refractivity contribution >= 4 is 17.6 Å². The quantitative estimate of drug-likeness (QED) is 0.290. The van der Waals surface area contributed by atoms with Gasteiger partial charge in [-0.05, 0) is 12.8 Å². The average Bonchev–Trinajstić information content (AvgIpc) is 2.35. The zero-order valence-corrected chi connectivity index (χ0v) is 11.9. The summed E-state index contributed by atoms with van der Waals surface area (Å²) >= 11 is 5.61. The van der Waals surface area contributed by atoms with Crippen LogP contribution in [0, 0.1) is 0 Å². The highest BCUT2D eigenvalue weighted by atomic mass is 35.5. The first-order valence-electron chi connectivity index (χ1n) is 6.94. The molecular weight excluding hydrogens is 236 g/mol. The fraction of sp³-hybridized carbons (Fsp3) is 0.929. The van der Waals surface area contributed by atoms with Crippen LogP contribution >= 0.6 is 11.6 Å². The highest BCUT2D eigenvalue weighted by Gasteiger charge is 1.98. The van der Waals surface area contributed by atoms with Gasteiger partial charge in [-0.15, -0.1) is 11.6 Å². The van der Waals surface area contributed by atoms with Gasteiger partial charge in [0.2, 0.25) is 0 Å². The van der Waals surface area contributed by atoms with Crippen LogP contribution < -0.4 is 0 Å². The molecule has 0 rings (SSSR count). The molecule has 0 N–H and O–H groups in total. The summed E-state index contributed by atoms with van der Waals surface area (Å²) in [6.07, 6.45) is 13.1. The van der Waals surface area contributed by atoms with Crippen molar-refractivity contribution in [1.82, 2.24) is 0 Å². The molecule has 2 nitrogen and oxygen atoms in total. The van der Waals surface area contributed by atoms with E-state index in [2.05, 4.69) is 4.74 Å². The molecule has 0 saturated heterocycles. The van der Waals surface area contributed by atoms with Gasteiger partial charge in [-0.25, -0.2) is 0 Å². The molecule has 17 heavy (non-hydrogen) atoms. The molecule has 0 aromatic heterocycles. The van der Waals surface area contributed by atoms with E-state index < -0.39 is 0 Å². The van der Waals surface area contributed by atoms with Gasteiger partial charge in [-0.1, -0.05) is 51.4 Å². The van der Waals surface area contributed by atoms with Crippen LogP contribution in [-0.2, 0) is 9.53 Å². The number of hydrogen-bond donors (Lipinski definition) is 0. The summed E-state index contributed by atoms with van der Waals surface area (Å²) in [4.78, 5) is 10.8. The molecule has 0 fully saturated rings. The van der Waals surface area contributed by atoms with E-state index in [1.807, 2.05) is 0 Å². The number of unbranched alkanes of at least 4 members (excludes halogenated alkanes) is 9. The van der Waals surface area contributed by atoms with Crippen LogP contribution in [0.2, 0.25) is 0 Å². The van der Waals surface area contributed by atoms with Crippen molar-refractivity contribution in [1.29, 1.82) is 0 Å². The van der Waals surface area contributed by atoms with E-state index in [9.17, 15) is 4.79 Å². The Morgan fingerprint density at radius 3 is 1.65 bits per heavy atom. The fourth-order valence-electron chi connectivity index (χ4n) is 1.88. The third-order valence-electron chi connectivity index (χ3n) is 2.99. The van der Waals surface area contributed by atoms with Crippen LogP contribution in [0.5, 0.6) is 0 Å². The van der Waals surface area contributed by atoms with E-state index in [0.717, 1.165) is 25.1 Å². The summed E-state index contributed by atoms with van der Waals surface area (Å²) < 4.78 is 4.59. The number of alkyl halides is 1. The molecule has 0 saturated carbocycles. The number of carbonyl (C=O) groups is 1. The van der Waals surface area contributed by atoms with Gasteiger partial charge in [0.15, 0.2) is 0 Å². The zero-order chi connectivity index (χ0) is 12.8. The first-order valence-corrected chi connectivity index (χ1v) is 7.47. The maximum atomic E-state index is 10.8. The lowest BCUT2D eigenvalue weighted by Gasteiger charge is -2.02. The van der Waals surface area contributed by atoms with Gasteiger partial charge in [0.25, 0.3) is 0 Å². The maximum absolute atomic E-state index is 10.8. The van der Waals surface area contributed by atoms with E-state index in [1.165, 1.54) is 52.1 Å². The molecule has 0 aliphatic heterocycles. The molecule has 0 aromatic carbocycles. The van der Waals surface area contributed by atoms with E-state index in [1.54, 1.807) is 0 Å². The van der Waals surface area contributed by atoms with Crippen LogP contribution in [-0.4, -0.2) is 19.0 Å². The molecule has 0 bridgehead atoms. The van der Waals surface area contributed by atoms with Crippen molar-refractivity contribution in [2.45, 2.75) is 70.6 Å². The standard InChI is InChI=1S/C14H27ClO2/c1-17-14(16)12-10-8-6-4-2-3-5-7-9-11-13-15/h2-13H2,1H3. The van der Waals surface area contributed by atoms with Gasteiger partial charge in [0, 0.05) is 12.3 Å². The first kappa shape index (κ1) is 16.8. The Labute approximate surface area is 111 Å². The second-order valence-electron chi connectivity index (χ2n) is 4.55. The van der Waals surface area contributed by atoms with Crippen molar-refractivity contribution in [3.8, 4) is 0 Å². The number of esters is 1. The monoisotopic (exact) mass is 262 g/mol. The first-order chi connectivity index (χ1) is 8.31. The normalized spacial score (nSPS) is 10.5. The van der Waals surface area contributed by atoms with Gasteiger partial charge < -0.3 is 4.74 Å². The molecule has 3 heteroatoms. The Bertz CT molecular complexity index is 172. The summed E-state index contributed by atoms with van der Waals surface area (Å²) in [5, 5.41) is 0. The molecule has 0 amide bonds. The Hall–Kier alpha value is -0.240. The SMILES string of the molecule is COC(=O)CCCCCCCCCCCCCl. The fourth-order valence-corrected chi connectivity index (χ4v) is 2.07. The molecule has 0 aliphatic rings. The molecule has 0 aromatic rings. The minimum absolute atomic E-state index is 0.0794. The Morgan fingerprint density at radius 1 is 0.824 bits per heavy atom. The minimum atomic E-state index is -0.0794. The lowest BCUT2D eigenvalue weighted by Crippen LogP contribution is -1.99. The minimum Gasteiger partial charge on any atom is -0.469 e. The van der Waals surface area contributed by atoms with Crippen LogP contribution in [0.25, 0.3) is 0 Å². The maximum Gasteiger partial charge on any atom is 0.305 e. The number of ether oxygens (including phenoxy) is 1. The number of halogens is 1. The van der Waals surface area contributed by atoms with Gasteiger partial charge in [0.05, 0.1) is 7.11 Å². The molecule has 0 radical (unpaired) electrons. The zero-order valence-electron chi connectivity index (χ0n) is 11.2. The third-order valence-corrected chi connectivity index (χ3v) is 3.26. The molecule has 0 atom stereocenters. The van der Waals surface area contributed by atoms with Crippen molar-refractivity contribution in [2.75, 3.05) is 13.0 Å². The van der Waals surface area contributed by atoms with Crippen LogP contribution in [0.15, 0.2) is 0 Å². The van der Waals surface area contributed by atoms with Crippen molar-refractivity contribution in [3.63, 3.8) is 0 Å². The molecule has 0 heterocycles. The number of rotatable bonds is 12. The van der Waals surface area contributed by atoms with E-state index in [0.29, 0.717) is 6.42 Å². The number of carbonyl (C=O) groups excluding carboxylic acids is 1. The predicted octanol–water partition coefficient (Wildman–Crippen LogP) is 4.69. The molecule has 102 valence electrons. The van der Waals surface area contributed by atoms with E-state index in [4.69, 9.17) is 11.6 Å². The van der Waals surface area contributed by atoms with Crippen LogP contribution in [0.4, 0.5) is 0 Å². The summed E-state index contributed by atoms with van der Waals surface area (Å²) in [5.41, 5.74) is 0. The Kier molecular flexibility index (Phi) is 13.6. The summed E-state index contributed by atoms with van der Waals surface area (Å²) in [5.74, 6) is 0.726.